The monoisotopic (exact) mass is 324 g/mol. The van der Waals surface area contributed by atoms with Crippen LogP contribution in [0.15, 0.2) is 54.6 Å². The molecule has 0 spiro atoms. The molecule has 0 saturated carbocycles. The SMILES string of the molecule is Cc1cc(Nc2ccc(Cl)cc2)nc(Nc2ccccc2C)n1. The molecule has 0 atom stereocenters. The molecule has 3 aromatic rings. The zero-order valence-electron chi connectivity index (χ0n) is 13.0. The van der Waals surface area contributed by atoms with Gasteiger partial charge in [0.05, 0.1) is 0 Å². The molecular formula is C18H17ClN4. The van der Waals surface area contributed by atoms with E-state index in [1.54, 1.807) is 0 Å². The smallest absolute Gasteiger partial charge is 0.229 e. The van der Waals surface area contributed by atoms with E-state index < -0.39 is 0 Å². The van der Waals surface area contributed by atoms with Gasteiger partial charge in [-0.05, 0) is 49.7 Å². The van der Waals surface area contributed by atoms with Gasteiger partial charge in [0.2, 0.25) is 5.95 Å². The molecule has 5 heteroatoms. The Hall–Kier alpha value is -2.59. The summed E-state index contributed by atoms with van der Waals surface area (Å²) in [7, 11) is 0. The van der Waals surface area contributed by atoms with E-state index in [0.717, 1.165) is 28.5 Å². The Morgan fingerprint density at radius 1 is 0.870 bits per heavy atom. The molecule has 1 aromatic heterocycles. The standard InChI is InChI=1S/C18H17ClN4/c1-12-5-3-4-6-16(12)22-18-20-13(2)11-17(23-18)21-15-9-7-14(19)8-10-15/h3-11H,1-2H3,(H2,20,21,22,23). The molecule has 0 aliphatic heterocycles. The van der Waals surface area contributed by atoms with Crippen molar-refractivity contribution in [1.82, 2.24) is 9.97 Å². The highest BCUT2D eigenvalue weighted by atomic mass is 35.5. The van der Waals surface area contributed by atoms with Crippen molar-refractivity contribution < 1.29 is 0 Å². The van der Waals surface area contributed by atoms with Gasteiger partial charge in [0.15, 0.2) is 0 Å². The van der Waals surface area contributed by atoms with Crippen molar-refractivity contribution in [3.8, 4) is 0 Å². The average Bonchev–Trinajstić information content (AvgIpc) is 2.51. The summed E-state index contributed by atoms with van der Waals surface area (Å²) in [6.07, 6.45) is 0. The molecule has 0 unspecified atom stereocenters. The summed E-state index contributed by atoms with van der Waals surface area (Å²) < 4.78 is 0. The molecule has 2 N–H and O–H groups in total. The molecule has 0 radical (unpaired) electrons. The van der Waals surface area contributed by atoms with Gasteiger partial charge in [0, 0.05) is 28.2 Å². The molecule has 0 amide bonds. The number of para-hydroxylation sites is 1. The first-order valence-corrected chi connectivity index (χ1v) is 7.69. The van der Waals surface area contributed by atoms with Crippen LogP contribution in [0.1, 0.15) is 11.3 Å². The van der Waals surface area contributed by atoms with Gasteiger partial charge in [-0.1, -0.05) is 29.8 Å². The third-order valence-electron chi connectivity index (χ3n) is 3.36. The molecule has 23 heavy (non-hydrogen) atoms. The highest BCUT2D eigenvalue weighted by Gasteiger charge is 2.05. The van der Waals surface area contributed by atoms with Crippen LogP contribution in [0.2, 0.25) is 5.02 Å². The van der Waals surface area contributed by atoms with Crippen LogP contribution < -0.4 is 10.6 Å². The third-order valence-corrected chi connectivity index (χ3v) is 3.61. The Labute approximate surface area is 140 Å². The number of nitrogens with one attached hydrogen (secondary N) is 2. The summed E-state index contributed by atoms with van der Waals surface area (Å²) >= 11 is 5.91. The second kappa shape index (κ2) is 6.67. The maximum Gasteiger partial charge on any atom is 0.229 e. The van der Waals surface area contributed by atoms with Gasteiger partial charge in [0.25, 0.3) is 0 Å². The van der Waals surface area contributed by atoms with Gasteiger partial charge in [-0.3, -0.25) is 0 Å². The lowest BCUT2D eigenvalue weighted by Crippen LogP contribution is -2.03. The summed E-state index contributed by atoms with van der Waals surface area (Å²) in [5, 5.41) is 7.23. The Balaban J connectivity index is 1.84. The highest BCUT2D eigenvalue weighted by molar-refractivity contribution is 6.30. The van der Waals surface area contributed by atoms with E-state index in [1.807, 2.05) is 68.4 Å². The summed E-state index contributed by atoms with van der Waals surface area (Å²) in [5.41, 5.74) is 3.95. The highest BCUT2D eigenvalue weighted by Crippen LogP contribution is 2.21. The average molecular weight is 325 g/mol. The summed E-state index contributed by atoms with van der Waals surface area (Å²) in [4.78, 5) is 8.96. The largest absolute Gasteiger partial charge is 0.340 e. The van der Waals surface area contributed by atoms with Crippen LogP contribution in [0.4, 0.5) is 23.1 Å². The molecule has 2 aromatic carbocycles. The number of halogens is 1. The minimum Gasteiger partial charge on any atom is -0.340 e. The molecule has 0 fully saturated rings. The number of aromatic nitrogens is 2. The summed E-state index contributed by atoms with van der Waals surface area (Å²) in [6, 6.07) is 17.4. The van der Waals surface area contributed by atoms with Gasteiger partial charge in [0.1, 0.15) is 5.82 Å². The van der Waals surface area contributed by atoms with Crippen molar-refractivity contribution in [3.63, 3.8) is 0 Å². The summed E-state index contributed by atoms with van der Waals surface area (Å²) in [6.45, 7) is 3.99. The lowest BCUT2D eigenvalue weighted by Gasteiger charge is -2.11. The first kappa shape index (κ1) is 15.3. The topological polar surface area (TPSA) is 49.8 Å². The van der Waals surface area contributed by atoms with Crippen LogP contribution in [0, 0.1) is 13.8 Å². The number of hydrogen-bond acceptors (Lipinski definition) is 4. The molecule has 116 valence electrons. The van der Waals surface area contributed by atoms with E-state index in [4.69, 9.17) is 11.6 Å². The van der Waals surface area contributed by atoms with E-state index in [0.29, 0.717) is 11.0 Å². The molecule has 3 rings (SSSR count). The fraction of sp³-hybridized carbons (Fsp3) is 0.111. The number of benzene rings is 2. The van der Waals surface area contributed by atoms with Crippen LogP contribution in [0.3, 0.4) is 0 Å². The number of anilines is 4. The minimum absolute atomic E-state index is 0.566. The molecule has 1 heterocycles. The maximum absolute atomic E-state index is 5.91. The molecular weight excluding hydrogens is 308 g/mol. The first-order valence-electron chi connectivity index (χ1n) is 7.31. The normalized spacial score (nSPS) is 10.4. The maximum atomic E-state index is 5.91. The lowest BCUT2D eigenvalue weighted by molar-refractivity contribution is 1.10. The van der Waals surface area contributed by atoms with E-state index in [-0.39, 0.29) is 0 Å². The predicted octanol–water partition coefficient (Wildman–Crippen LogP) is 5.23. The van der Waals surface area contributed by atoms with Gasteiger partial charge in [-0.25, -0.2) is 4.98 Å². The van der Waals surface area contributed by atoms with Crippen LogP contribution >= 0.6 is 11.6 Å². The van der Waals surface area contributed by atoms with Crippen molar-refractivity contribution in [2.24, 2.45) is 0 Å². The van der Waals surface area contributed by atoms with Gasteiger partial charge >= 0.3 is 0 Å². The molecule has 0 aliphatic rings. The quantitative estimate of drug-likeness (QED) is 0.689. The summed E-state index contributed by atoms with van der Waals surface area (Å²) in [5.74, 6) is 1.30. The van der Waals surface area contributed by atoms with Gasteiger partial charge in [-0.2, -0.15) is 4.98 Å². The van der Waals surface area contributed by atoms with Crippen molar-refractivity contribution >= 4 is 34.7 Å². The molecule has 0 aliphatic carbocycles. The zero-order valence-corrected chi connectivity index (χ0v) is 13.7. The van der Waals surface area contributed by atoms with Crippen LogP contribution in [0.25, 0.3) is 0 Å². The van der Waals surface area contributed by atoms with Crippen LogP contribution in [-0.2, 0) is 0 Å². The second-order valence-corrected chi connectivity index (χ2v) is 5.73. The fourth-order valence-corrected chi connectivity index (χ4v) is 2.33. The third kappa shape index (κ3) is 3.99. The van der Waals surface area contributed by atoms with Crippen molar-refractivity contribution in [1.29, 1.82) is 0 Å². The number of rotatable bonds is 4. The van der Waals surface area contributed by atoms with Gasteiger partial charge < -0.3 is 10.6 Å². The lowest BCUT2D eigenvalue weighted by atomic mass is 10.2. The fourth-order valence-electron chi connectivity index (χ4n) is 2.20. The van der Waals surface area contributed by atoms with Crippen LogP contribution in [-0.4, -0.2) is 9.97 Å². The zero-order chi connectivity index (χ0) is 16.2. The predicted molar refractivity (Wildman–Crippen MR) is 96.0 cm³/mol. The number of nitrogens with zero attached hydrogens (tertiary/aromatic N) is 2. The van der Waals surface area contributed by atoms with Crippen LogP contribution in [0.5, 0.6) is 0 Å². The van der Waals surface area contributed by atoms with Crippen molar-refractivity contribution in [3.05, 3.63) is 70.9 Å². The van der Waals surface area contributed by atoms with E-state index in [2.05, 4.69) is 20.6 Å². The molecule has 0 bridgehead atoms. The minimum atomic E-state index is 0.566. The number of hydrogen-bond donors (Lipinski definition) is 2. The Morgan fingerprint density at radius 3 is 2.35 bits per heavy atom. The Bertz CT molecular complexity index is 816. The van der Waals surface area contributed by atoms with E-state index >= 15 is 0 Å². The van der Waals surface area contributed by atoms with Gasteiger partial charge in [-0.15, -0.1) is 0 Å². The second-order valence-electron chi connectivity index (χ2n) is 5.29. The number of aryl methyl sites for hydroxylation is 2. The van der Waals surface area contributed by atoms with Crippen molar-refractivity contribution in [2.75, 3.05) is 10.6 Å². The van der Waals surface area contributed by atoms with E-state index in [9.17, 15) is 0 Å². The molecule has 0 saturated heterocycles. The Morgan fingerprint density at radius 2 is 1.61 bits per heavy atom. The first-order chi connectivity index (χ1) is 11.1. The van der Waals surface area contributed by atoms with Crippen molar-refractivity contribution in [2.45, 2.75) is 13.8 Å². The molecule has 4 nitrogen and oxygen atoms in total. The Kier molecular flexibility index (Phi) is 4.44. The van der Waals surface area contributed by atoms with E-state index in [1.165, 1.54) is 0 Å².